The molecular formula is C20H23NO5. The lowest BCUT2D eigenvalue weighted by atomic mass is 10.1. The number of amides is 1. The number of rotatable bonds is 5. The molecule has 1 fully saturated rings. The van der Waals surface area contributed by atoms with Crippen LogP contribution >= 0.6 is 0 Å². The van der Waals surface area contributed by atoms with Gasteiger partial charge in [0.25, 0.3) is 5.91 Å². The van der Waals surface area contributed by atoms with Crippen LogP contribution in [0.5, 0.6) is 11.5 Å². The predicted molar refractivity (Wildman–Crippen MR) is 97.4 cm³/mol. The second-order valence-electron chi connectivity index (χ2n) is 6.24. The minimum atomic E-state index is -0.480. The summed E-state index contributed by atoms with van der Waals surface area (Å²) in [7, 11) is 0. The van der Waals surface area contributed by atoms with Crippen molar-refractivity contribution in [3.63, 3.8) is 0 Å². The van der Waals surface area contributed by atoms with Gasteiger partial charge in [-0.15, -0.1) is 0 Å². The van der Waals surface area contributed by atoms with E-state index in [9.17, 15) is 9.90 Å². The monoisotopic (exact) mass is 357 g/mol. The Morgan fingerprint density at radius 2 is 2.00 bits per heavy atom. The molecule has 0 unspecified atom stereocenters. The van der Waals surface area contributed by atoms with Crippen LogP contribution in [0.3, 0.4) is 0 Å². The number of hydrogen-bond acceptors (Lipinski definition) is 5. The van der Waals surface area contributed by atoms with Gasteiger partial charge in [0.05, 0.1) is 18.9 Å². The molecule has 1 saturated heterocycles. The minimum Gasteiger partial charge on any atom is -0.506 e. The van der Waals surface area contributed by atoms with Gasteiger partial charge in [0.2, 0.25) is 0 Å². The molecule has 3 rings (SSSR count). The van der Waals surface area contributed by atoms with Gasteiger partial charge in [-0.05, 0) is 49.6 Å². The van der Waals surface area contributed by atoms with E-state index in [1.54, 1.807) is 12.1 Å². The third-order valence-corrected chi connectivity index (χ3v) is 4.31. The first-order chi connectivity index (χ1) is 12.5. The van der Waals surface area contributed by atoms with Crippen molar-refractivity contribution in [3.05, 3.63) is 53.1 Å². The first-order valence-corrected chi connectivity index (χ1v) is 8.59. The van der Waals surface area contributed by atoms with E-state index in [4.69, 9.17) is 14.2 Å². The predicted octanol–water partition coefficient (Wildman–Crippen LogP) is 3.46. The van der Waals surface area contributed by atoms with Crippen LogP contribution in [0.15, 0.2) is 36.4 Å². The Balaban J connectivity index is 1.64. The fourth-order valence-corrected chi connectivity index (χ4v) is 2.69. The number of phenols is 1. The molecule has 0 aromatic heterocycles. The van der Waals surface area contributed by atoms with Crippen LogP contribution in [0.1, 0.15) is 29.4 Å². The van der Waals surface area contributed by atoms with Crippen molar-refractivity contribution in [2.75, 3.05) is 25.1 Å². The standard InChI is InChI=1S/C20H23NO5/c1-13-5-3-6-18(14(13)2)26-12-19(23)21-16-11-15(7-8-17(16)22)20-24-9-4-10-25-20/h3,5-8,11,20,22H,4,9-10,12H2,1-2H3,(H,21,23). The number of nitrogens with one attached hydrogen (secondary N) is 1. The Labute approximate surface area is 152 Å². The number of carbonyl (C=O) groups is 1. The van der Waals surface area contributed by atoms with Gasteiger partial charge in [0, 0.05) is 5.56 Å². The summed E-state index contributed by atoms with van der Waals surface area (Å²) < 4.78 is 16.7. The number of aryl methyl sites for hydroxylation is 1. The highest BCUT2D eigenvalue weighted by Crippen LogP contribution is 2.30. The molecule has 2 N–H and O–H groups in total. The third-order valence-electron chi connectivity index (χ3n) is 4.31. The van der Waals surface area contributed by atoms with Gasteiger partial charge in [0.15, 0.2) is 12.9 Å². The third kappa shape index (κ3) is 4.33. The average molecular weight is 357 g/mol. The van der Waals surface area contributed by atoms with Gasteiger partial charge in [-0.3, -0.25) is 4.79 Å². The molecule has 6 nitrogen and oxygen atoms in total. The van der Waals surface area contributed by atoms with E-state index in [-0.39, 0.29) is 18.3 Å². The van der Waals surface area contributed by atoms with Gasteiger partial charge in [0.1, 0.15) is 11.5 Å². The number of hydrogen-bond donors (Lipinski definition) is 2. The summed E-state index contributed by atoms with van der Waals surface area (Å²) in [5.74, 6) is 0.288. The molecule has 0 bridgehead atoms. The quantitative estimate of drug-likeness (QED) is 0.802. The van der Waals surface area contributed by atoms with Crippen LogP contribution < -0.4 is 10.1 Å². The summed E-state index contributed by atoms with van der Waals surface area (Å²) in [6, 6.07) is 10.6. The summed E-state index contributed by atoms with van der Waals surface area (Å²) >= 11 is 0. The Hall–Kier alpha value is -2.57. The molecule has 1 aliphatic rings. The zero-order valence-corrected chi connectivity index (χ0v) is 15.0. The van der Waals surface area contributed by atoms with E-state index >= 15 is 0 Å². The molecule has 1 amide bonds. The number of benzene rings is 2. The van der Waals surface area contributed by atoms with Gasteiger partial charge in [-0.2, -0.15) is 0 Å². The number of aromatic hydroxyl groups is 1. The Morgan fingerprint density at radius 1 is 1.23 bits per heavy atom. The molecule has 2 aromatic carbocycles. The Bertz CT molecular complexity index is 784. The molecule has 1 heterocycles. The zero-order chi connectivity index (χ0) is 18.5. The van der Waals surface area contributed by atoms with Crippen molar-refractivity contribution in [2.45, 2.75) is 26.6 Å². The molecule has 0 spiro atoms. The van der Waals surface area contributed by atoms with E-state index in [1.165, 1.54) is 6.07 Å². The first-order valence-electron chi connectivity index (χ1n) is 8.59. The number of carbonyl (C=O) groups excluding carboxylic acids is 1. The van der Waals surface area contributed by atoms with Gasteiger partial charge < -0.3 is 24.6 Å². The number of phenolic OH excluding ortho intramolecular Hbond substituents is 1. The van der Waals surface area contributed by atoms with E-state index in [0.717, 1.165) is 23.1 Å². The Morgan fingerprint density at radius 3 is 2.77 bits per heavy atom. The molecule has 138 valence electrons. The van der Waals surface area contributed by atoms with Crippen LogP contribution in [-0.4, -0.2) is 30.8 Å². The largest absolute Gasteiger partial charge is 0.506 e. The lowest BCUT2D eigenvalue weighted by Crippen LogP contribution is -2.21. The topological polar surface area (TPSA) is 77.0 Å². The zero-order valence-electron chi connectivity index (χ0n) is 15.0. The SMILES string of the molecule is Cc1cccc(OCC(=O)Nc2cc(C3OCCCO3)ccc2O)c1C. The van der Waals surface area contributed by atoms with Crippen LogP contribution in [-0.2, 0) is 14.3 Å². The Kier molecular flexibility index (Phi) is 5.75. The normalized spacial score (nSPS) is 14.8. The van der Waals surface area contributed by atoms with Crippen LogP contribution in [0.2, 0.25) is 0 Å². The van der Waals surface area contributed by atoms with Crippen LogP contribution in [0, 0.1) is 13.8 Å². The van der Waals surface area contributed by atoms with Crippen molar-refractivity contribution < 1.29 is 24.1 Å². The number of ether oxygens (including phenoxy) is 3. The highest BCUT2D eigenvalue weighted by Gasteiger charge is 2.18. The van der Waals surface area contributed by atoms with E-state index in [2.05, 4.69) is 5.32 Å². The molecule has 26 heavy (non-hydrogen) atoms. The second kappa shape index (κ2) is 8.21. The van der Waals surface area contributed by atoms with Crippen molar-refractivity contribution in [3.8, 4) is 11.5 Å². The average Bonchev–Trinajstić information content (AvgIpc) is 2.65. The van der Waals surface area contributed by atoms with E-state index < -0.39 is 6.29 Å². The number of anilines is 1. The maximum absolute atomic E-state index is 12.2. The van der Waals surface area contributed by atoms with Crippen molar-refractivity contribution >= 4 is 11.6 Å². The van der Waals surface area contributed by atoms with Gasteiger partial charge in [-0.25, -0.2) is 0 Å². The molecule has 6 heteroatoms. The summed E-state index contributed by atoms with van der Waals surface area (Å²) in [4.78, 5) is 12.2. The van der Waals surface area contributed by atoms with E-state index in [0.29, 0.717) is 24.7 Å². The van der Waals surface area contributed by atoms with Crippen molar-refractivity contribution in [1.82, 2.24) is 0 Å². The fraction of sp³-hybridized carbons (Fsp3) is 0.350. The summed E-state index contributed by atoms with van der Waals surface area (Å²) in [5.41, 5.74) is 3.14. The molecule has 0 radical (unpaired) electrons. The second-order valence-corrected chi connectivity index (χ2v) is 6.24. The maximum atomic E-state index is 12.2. The van der Waals surface area contributed by atoms with Gasteiger partial charge in [-0.1, -0.05) is 18.2 Å². The fourth-order valence-electron chi connectivity index (χ4n) is 2.69. The minimum absolute atomic E-state index is 0.0235. The molecule has 1 aliphatic heterocycles. The van der Waals surface area contributed by atoms with Crippen molar-refractivity contribution in [2.24, 2.45) is 0 Å². The maximum Gasteiger partial charge on any atom is 0.262 e. The lowest BCUT2D eigenvalue weighted by molar-refractivity contribution is -0.183. The molecular weight excluding hydrogens is 334 g/mol. The van der Waals surface area contributed by atoms with Crippen LogP contribution in [0.25, 0.3) is 0 Å². The summed E-state index contributed by atoms with van der Waals surface area (Å²) in [5, 5.41) is 12.7. The van der Waals surface area contributed by atoms with Gasteiger partial charge >= 0.3 is 0 Å². The lowest BCUT2D eigenvalue weighted by Gasteiger charge is -2.24. The summed E-state index contributed by atoms with van der Waals surface area (Å²) in [6.45, 7) is 5.03. The first kappa shape index (κ1) is 18.2. The summed E-state index contributed by atoms with van der Waals surface area (Å²) in [6.07, 6.45) is 0.375. The van der Waals surface area contributed by atoms with Crippen LogP contribution in [0.4, 0.5) is 5.69 Å². The van der Waals surface area contributed by atoms with Crippen molar-refractivity contribution in [1.29, 1.82) is 0 Å². The highest BCUT2D eigenvalue weighted by atomic mass is 16.7. The molecule has 2 aromatic rings. The van der Waals surface area contributed by atoms with E-state index in [1.807, 2.05) is 32.0 Å². The highest BCUT2D eigenvalue weighted by molar-refractivity contribution is 5.93. The molecule has 0 aliphatic carbocycles. The smallest absolute Gasteiger partial charge is 0.262 e. The molecule has 0 atom stereocenters. The molecule has 0 saturated carbocycles.